The summed E-state index contributed by atoms with van der Waals surface area (Å²) in [5.74, 6) is 6.33. The number of aliphatic hydroxyl groups is 1. The van der Waals surface area contributed by atoms with Gasteiger partial charge in [-0.2, -0.15) is 0 Å². The van der Waals surface area contributed by atoms with Crippen molar-refractivity contribution in [1.82, 2.24) is 10.2 Å². The second-order valence-electron chi connectivity index (χ2n) is 7.27. The standard InChI is InChI=1S/C21H30N2O/c1-2-7-18-8-6-9-19(16-18)20(17-23-14-12-22-13-15-23)21(24)10-4-3-5-11-21/h6,8-9,16,20,22,24H,3-5,10-15,17H2,1H3. The Hall–Kier alpha value is -1.34. The van der Waals surface area contributed by atoms with E-state index in [1.54, 1.807) is 0 Å². The predicted octanol–water partition coefficient (Wildman–Crippen LogP) is 2.74. The number of nitrogens with zero attached hydrogens (tertiary/aromatic N) is 1. The summed E-state index contributed by atoms with van der Waals surface area (Å²) < 4.78 is 0. The quantitative estimate of drug-likeness (QED) is 0.835. The van der Waals surface area contributed by atoms with Crippen molar-refractivity contribution in [2.75, 3.05) is 32.7 Å². The van der Waals surface area contributed by atoms with Gasteiger partial charge < -0.3 is 15.3 Å². The van der Waals surface area contributed by atoms with Crippen molar-refractivity contribution in [2.45, 2.75) is 50.5 Å². The summed E-state index contributed by atoms with van der Waals surface area (Å²) in [6, 6.07) is 8.52. The number of piperazine rings is 1. The zero-order valence-corrected chi connectivity index (χ0v) is 14.9. The zero-order chi connectivity index (χ0) is 16.8. The second-order valence-corrected chi connectivity index (χ2v) is 7.27. The van der Waals surface area contributed by atoms with Crippen LogP contribution in [0.3, 0.4) is 0 Å². The lowest BCUT2D eigenvalue weighted by Crippen LogP contribution is -2.49. The molecule has 1 saturated carbocycles. The van der Waals surface area contributed by atoms with Crippen LogP contribution in [0.25, 0.3) is 0 Å². The third kappa shape index (κ3) is 4.19. The van der Waals surface area contributed by atoms with Gasteiger partial charge in [-0.3, -0.25) is 0 Å². The van der Waals surface area contributed by atoms with E-state index in [0.29, 0.717) is 0 Å². The minimum Gasteiger partial charge on any atom is -0.389 e. The Kier molecular flexibility index (Phi) is 5.94. The fourth-order valence-corrected chi connectivity index (χ4v) is 4.23. The average molecular weight is 326 g/mol. The first-order valence-corrected chi connectivity index (χ1v) is 9.39. The Labute approximate surface area is 146 Å². The summed E-state index contributed by atoms with van der Waals surface area (Å²) in [6.07, 6.45) is 5.39. The highest BCUT2D eigenvalue weighted by molar-refractivity contribution is 5.39. The van der Waals surface area contributed by atoms with Crippen LogP contribution in [0.4, 0.5) is 0 Å². The van der Waals surface area contributed by atoms with Gasteiger partial charge in [-0.1, -0.05) is 37.3 Å². The fraction of sp³-hybridized carbons (Fsp3) is 0.619. The first kappa shape index (κ1) is 17.5. The molecule has 1 aliphatic carbocycles. The fourth-order valence-electron chi connectivity index (χ4n) is 4.23. The Bertz CT molecular complexity index is 589. The van der Waals surface area contributed by atoms with E-state index < -0.39 is 5.60 Å². The van der Waals surface area contributed by atoms with Crippen molar-refractivity contribution >= 4 is 0 Å². The van der Waals surface area contributed by atoms with E-state index in [0.717, 1.165) is 64.0 Å². The molecule has 3 nitrogen and oxygen atoms in total. The summed E-state index contributed by atoms with van der Waals surface area (Å²) in [6.45, 7) is 7.06. The van der Waals surface area contributed by atoms with Crippen LogP contribution in [-0.2, 0) is 0 Å². The van der Waals surface area contributed by atoms with Gasteiger partial charge in [-0.25, -0.2) is 0 Å². The lowest BCUT2D eigenvalue weighted by atomic mass is 9.72. The molecule has 0 aromatic heterocycles. The maximum atomic E-state index is 11.5. The van der Waals surface area contributed by atoms with Gasteiger partial charge in [0.2, 0.25) is 0 Å². The molecule has 2 N–H and O–H groups in total. The predicted molar refractivity (Wildman–Crippen MR) is 99.1 cm³/mol. The molecular weight excluding hydrogens is 296 g/mol. The van der Waals surface area contributed by atoms with E-state index in [1.165, 1.54) is 12.0 Å². The van der Waals surface area contributed by atoms with Gasteiger partial charge in [0.25, 0.3) is 0 Å². The number of hydrogen-bond donors (Lipinski definition) is 2. The van der Waals surface area contributed by atoms with Crippen molar-refractivity contribution in [3.63, 3.8) is 0 Å². The molecule has 1 saturated heterocycles. The van der Waals surface area contributed by atoms with Crippen LogP contribution in [0.2, 0.25) is 0 Å². The van der Waals surface area contributed by atoms with E-state index in [9.17, 15) is 5.11 Å². The first-order chi connectivity index (χ1) is 11.7. The maximum absolute atomic E-state index is 11.5. The molecule has 0 radical (unpaired) electrons. The molecule has 1 heterocycles. The van der Waals surface area contributed by atoms with Gasteiger partial charge in [0, 0.05) is 44.2 Å². The Morgan fingerprint density at radius 1 is 1.21 bits per heavy atom. The normalized spacial score (nSPS) is 22.4. The van der Waals surface area contributed by atoms with Gasteiger partial charge in [-0.15, -0.1) is 5.92 Å². The van der Waals surface area contributed by atoms with Gasteiger partial charge >= 0.3 is 0 Å². The lowest BCUT2D eigenvalue weighted by molar-refractivity contribution is -0.0316. The van der Waals surface area contributed by atoms with E-state index in [1.807, 2.05) is 6.92 Å². The molecule has 0 bridgehead atoms. The highest BCUT2D eigenvalue weighted by atomic mass is 16.3. The number of nitrogens with one attached hydrogen (secondary N) is 1. The molecule has 1 aromatic carbocycles. The van der Waals surface area contributed by atoms with Crippen molar-refractivity contribution in [1.29, 1.82) is 0 Å². The number of hydrogen-bond acceptors (Lipinski definition) is 3. The van der Waals surface area contributed by atoms with Gasteiger partial charge in [0.05, 0.1) is 5.60 Å². The van der Waals surface area contributed by atoms with Crippen LogP contribution in [0.5, 0.6) is 0 Å². The molecule has 1 aromatic rings. The molecule has 0 spiro atoms. The molecule has 2 aliphatic rings. The SMILES string of the molecule is CC#Cc1cccc(C(CN2CCNCC2)C2(O)CCCCC2)c1. The van der Waals surface area contributed by atoms with Crippen LogP contribution >= 0.6 is 0 Å². The molecule has 1 unspecified atom stereocenters. The molecule has 130 valence electrons. The van der Waals surface area contributed by atoms with Crippen LogP contribution in [0.1, 0.15) is 56.1 Å². The minimum atomic E-state index is -0.568. The van der Waals surface area contributed by atoms with Crippen LogP contribution in [-0.4, -0.2) is 48.3 Å². The van der Waals surface area contributed by atoms with Crippen LogP contribution < -0.4 is 5.32 Å². The minimum absolute atomic E-state index is 0.175. The molecule has 2 fully saturated rings. The summed E-state index contributed by atoms with van der Waals surface area (Å²) in [5.41, 5.74) is 1.74. The largest absolute Gasteiger partial charge is 0.389 e. The van der Waals surface area contributed by atoms with Gasteiger partial charge in [-0.05, 0) is 37.5 Å². The van der Waals surface area contributed by atoms with Crippen LogP contribution in [0.15, 0.2) is 24.3 Å². The first-order valence-electron chi connectivity index (χ1n) is 9.39. The zero-order valence-electron chi connectivity index (χ0n) is 14.9. The molecular formula is C21H30N2O. The van der Waals surface area contributed by atoms with Gasteiger partial charge in [0.1, 0.15) is 0 Å². The van der Waals surface area contributed by atoms with E-state index >= 15 is 0 Å². The topological polar surface area (TPSA) is 35.5 Å². The maximum Gasteiger partial charge on any atom is 0.0728 e. The average Bonchev–Trinajstić information content (AvgIpc) is 2.62. The Morgan fingerprint density at radius 3 is 2.67 bits per heavy atom. The molecule has 1 atom stereocenters. The lowest BCUT2D eigenvalue weighted by Gasteiger charge is -2.42. The number of rotatable bonds is 4. The van der Waals surface area contributed by atoms with Crippen molar-refractivity contribution in [3.05, 3.63) is 35.4 Å². The number of benzene rings is 1. The van der Waals surface area contributed by atoms with Gasteiger partial charge in [0.15, 0.2) is 0 Å². The molecule has 3 heteroatoms. The molecule has 24 heavy (non-hydrogen) atoms. The Morgan fingerprint density at radius 2 is 1.96 bits per heavy atom. The van der Waals surface area contributed by atoms with Crippen molar-refractivity contribution < 1.29 is 5.11 Å². The molecule has 3 rings (SSSR count). The van der Waals surface area contributed by atoms with E-state index in [4.69, 9.17) is 0 Å². The van der Waals surface area contributed by atoms with E-state index in [2.05, 4.69) is 46.3 Å². The van der Waals surface area contributed by atoms with Crippen molar-refractivity contribution in [3.8, 4) is 11.8 Å². The highest BCUT2D eigenvalue weighted by Gasteiger charge is 2.39. The summed E-state index contributed by atoms with van der Waals surface area (Å²) in [5, 5.41) is 14.9. The summed E-state index contributed by atoms with van der Waals surface area (Å²) >= 11 is 0. The Balaban J connectivity index is 1.87. The van der Waals surface area contributed by atoms with Crippen molar-refractivity contribution in [2.24, 2.45) is 0 Å². The highest BCUT2D eigenvalue weighted by Crippen LogP contribution is 2.40. The molecule has 1 aliphatic heterocycles. The van der Waals surface area contributed by atoms with E-state index in [-0.39, 0.29) is 5.92 Å². The molecule has 0 amide bonds. The summed E-state index contributed by atoms with van der Waals surface area (Å²) in [7, 11) is 0. The third-order valence-electron chi connectivity index (χ3n) is 5.58. The third-order valence-corrected chi connectivity index (χ3v) is 5.58. The monoisotopic (exact) mass is 326 g/mol. The summed E-state index contributed by atoms with van der Waals surface area (Å²) in [4.78, 5) is 2.51. The second kappa shape index (κ2) is 8.16. The smallest absolute Gasteiger partial charge is 0.0728 e. The van der Waals surface area contributed by atoms with Crippen LogP contribution in [0, 0.1) is 11.8 Å².